The second-order valence-corrected chi connectivity index (χ2v) is 4.97. The van der Waals surface area contributed by atoms with Gasteiger partial charge in [-0.1, -0.05) is 13.8 Å². The molecule has 0 aliphatic carbocycles. The van der Waals surface area contributed by atoms with Gasteiger partial charge >= 0.3 is 5.97 Å². The first-order valence-corrected chi connectivity index (χ1v) is 5.95. The summed E-state index contributed by atoms with van der Waals surface area (Å²) in [6.45, 7) is 7.11. The lowest BCUT2D eigenvalue weighted by Crippen LogP contribution is -2.48. The van der Waals surface area contributed by atoms with Crippen LogP contribution in [0.1, 0.15) is 40.0 Å². The van der Waals surface area contributed by atoms with Crippen molar-refractivity contribution in [2.45, 2.75) is 51.7 Å². The molecule has 1 saturated heterocycles. The van der Waals surface area contributed by atoms with Crippen LogP contribution in [-0.2, 0) is 14.3 Å². The van der Waals surface area contributed by atoms with Crippen molar-refractivity contribution in [3.05, 3.63) is 0 Å². The number of aliphatic carboxylic acids is 1. The molecule has 16 heavy (non-hydrogen) atoms. The lowest BCUT2D eigenvalue weighted by Gasteiger charge is -2.35. The molecule has 0 radical (unpaired) electrons. The van der Waals surface area contributed by atoms with Crippen molar-refractivity contribution >= 4 is 5.97 Å². The third kappa shape index (κ3) is 3.46. The van der Waals surface area contributed by atoms with Gasteiger partial charge in [0.05, 0.1) is 6.10 Å². The van der Waals surface area contributed by atoms with Crippen LogP contribution >= 0.6 is 0 Å². The highest BCUT2D eigenvalue weighted by atomic mass is 16.5. The van der Waals surface area contributed by atoms with Crippen molar-refractivity contribution in [2.24, 2.45) is 5.92 Å². The standard InChI is InChI=1S/C12H22O4/c1-9(2)8-10(3)16-12(11(13)14)4-6-15-7-5-12/h9-10H,4-8H2,1-3H3,(H,13,14). The van der Waals surface area contributed by atoms with E-state index in [1.807, 2.05) is 6.92 Å². The number of carboxylic acids is 1. The molecule has 1 fully saturated rings. The zero-order valence-corrected chi connectivity index (χ0v) is 10.4. The molecular weight excluding hydrogens is 208 g/mol. The molecule has 0 aromatic carbocycles. The Labute approximate surface area is 96.9 Å². The Balaban J connectivity index is 2.60. The van der Waals surface area contributed by atoms with Crippen LogP contribution < -0.4 is 0 Å². The molecule has 0 amide bonds. The molecule has 0 bridgehead atoms. The molecular formula is C12H22O4. The second kappa shape index (κ2) is 5.64. The zero-order valence-electron chi connectivity index (χ0n) is 10.4. The molecule has 0 saturated carbocycles. The molecule has 1 aliphatic rings. The third-order valence-electron chi connectivity index (χ3n) is 2.92. The number of hydrogen-bond acceptors (Lipinski definition) is 3. The molecule has 4 heteroatoms. The molecule has 0 aromatic heterocycles. The van der Waals surface area contributed by atoms with Gasteiger partial charge in [0, 0.05) is 26.1 Å². The summed E-state index contributed by atoms with van der Waals surface area (Å²) in [5, 5.41) is 9.29. The van der Waals surface area contributed by atoms with Gasteiger partial charge in [0.2, 0.25) is 0 Å². The first-order chi connectivity index (χ1) is 7.46. The van der Waals surface area contributed by atoms with Crippen molar-refractivity contribution in [1.82, 2.24) is 0 Å². The summed E-state index contributed by atoms with van der Waals surface area (Å²) >= 11 is 0. The second-order valence-electron chi connectivity index (χ2n) is 4.97. The van der Waals surface area contributed by atoms with Gasteiger partial charge in [0.25, 0.3) is 0 Å². The summed E-state index contributed by atoms with van der Waals surface area (Å²) in [7, 11) is 0. The first-order valence-electron chi connectivity index (χ1n) is 5.95. The van der Waals surface area contributed by atoms with E-state index >= 15 is 0 Å². The normalized spacial score (nSPS) is 22.0. The van der Waals surface area contributed by atoms with Gasteiger partial charge in [-0.2, -0.15) is 0 Å². The monoisotopic (exact) mass is 230 g/mol. The molecule has 0 aromatic rings. The van der Waals surface area contributed by atoms with Crippen LogP contribution in [-0.4, -0.2) is 36.0 Å². The molecule has 4 nitrogen and oxygen atoms in total. The van der Waals surface area contributed by atoms with E-state index in [-0.39, 0.29) is 6.10 Å². The van der Waals surface area contributed by atoms with Gasteiger partial charge in [-0.05, 0) is 19.3 Å². The maximum Gasteiger partial charge on any atom is 0.336 e. The summed E-state index contributed by atoms with van der Waals surface area (Å²) in [5.74, 6) is -0.341. The maximum absolute atomic E-state index is 11.3. The maximum atomic E-state index is 11.3. The number of carbonyl (C=O) groups is 1. The molecule has 94 valence electrons. The summed E-state index contributed by atoms with van der Waals surface area (Å²) < 4.78 is 11.0. The number of rotatable bonds is 5. The molecule has 1 rings (SSSR count). The number of hydrogen-bond donors (Lipinski definition) is 1. The van der Waals surface area contributed by atoms with Crippen molar-refractivity contribution in [3.63, 3.8) is 0 Å². The summed E-state index contributed by atoms with van der Waals surface area (Å²) in [4.78, 5) is 11.3. The van der Waals surface area contributed by atoms with Crippen LogP contribution in [0, 0.1) is 5.92 Å². The van der Waals surface area contributed by atoms with Crippen LogP contribution in [0.4, 0.5) is 0 Å². The Kier molecular flexibility index (Phi) is 4.74. The van der Waals surface area contributed by atoms with Crippen LogP contribution in [0.2, 0.25) is 0 Å². The SMILES string of the molecule is CC(C)CC(C)OC1(C(=O)O)CCOCC1. The third-order valence-corrected chi connectivity index (χ3v) is 2.92. The van der Waals surface area contributed by atoms with E-state index in [9.17, 15) is 9.90 Å². The Morgan fingerprint density at radius 1 is 1.38 bits per heavy atom. The van der Waals surface area contributed by atoms with Gasteiger partial charge in [-0.15, -0.1) is 0 Å². The minimum atomic E-state index is -1.02. The number of carboxylic acid groups (broad SMARTS) is 1. The Morgan fingerprint density at radius 2 is 1.94 bits per heavy atom. The summed E-state index contributed by atoms with van der Waals surface area (Å²) in [6.07, 6.45) is 1.76. The lowest BCUT2D eigenvalue weighted by atomic mass is 9.93. The van der Waals surface area contributed by atoms with E-state index in [4.69, 9.17) is 9.47 Å². The first kappa shape index (κ1) is 13.5. The van der Waals surface area contributed by atoms with Crippen LogP contribution in [0.25, 0.3) is 0 Å². The zero-order chi connectivity index (χ0) is 12.2. The number of ether oxygens (including phenoxy) is 2. The van der Waals surface area contributed by atoms with Gasteiger partial charge in [-0.3, -0.25) is 0 Å². The van der Waals surface area contributed by atoms with Crippen molar-refractivity contribution in [3.8, 4) is 0 Å². The van der Waals surface area contributed by atoms with E-state index in [2.05, 4.69) is 13.8 Å². The molecule has 1 aliphatic heterocycles. The minimum Gasteiger partial charge on any atom is -0.479 e. The topological polar surface area (TPSA) is 55.8 Å². The summed E-state index contributed by atoms with van der Waals surface area (Å²) in [5.41, 5.74) is -1.02. The highest BCUT2D eigenvalue weighted by Gasteiger charge is 2.42. The molecule has 0 spiro atoms. The molecule has 1 N–H and O–H groups in total. The van der Waals surface area contributed by atoms with Gasteiger partial charge in [-0.25, -0.2) is 4.79 Å². The average molecular weight is 230 g/mol. The largest absolute Gasteiger partial charge is 0.479 e. The van der Waals surface area contributed by atoms with Gasteiger partial charge < -0.3 is 14.6 Å². The Hall–Kier alpha value is -0.610. The fourth-order valence-corrected chi connectivity index (χ4v) is 2.18. The van der Waals surface area contributed by atoms with Crippen LogP contribution in [0.5, 0.6) is 0 Å². The van der Waals surface area contributed by atoms with E-state index in [0.29, 0.717) is 32.0 Å². The fourth-order valence-electron chi connectivity index (χ4n) is 2.18. The van der Waals surface area contributed by atoms with E-state index in [0.717, 1.165) is 6.42 Å². The highest BCUT2D eigenvalue weighted by Crippen LogP contribution is 2.28. The molecule has 1 atom stereocenters. The van der Waals surface area contributed by atoms with Crippen LogP contribution in [0.15, 0.2) is 0 Å². The summed E-state index contributed by atoms with van der Waals surface area (Å²) in [6, 6.07) is 0. The predicted molar refractivity (Wildman–Crippen MR) is 60.4 cm³/mol. The lowest BCUT2D eigenvalue weighted by molar-refractivity contribution is -0.188. The van der Waals surface area contributed by atoms with Crippen molar-refractivity contribution < 1.29 is 19.4 Å². The van der Waals surface area contributed by atoms with E-state index in [1.165, 1.54) is 0 Å². The average Bonchev–Trinajstić information content (AvgIpc) is 2.17. The highest BCUT2D eigenvalue weighted by molar-refractivity contribution is 5.77. The van der Waals surface area contributed by atoms with Crippen molar-refractivity contribution in [1.29, 1.82) is 0 Å². The van der Waals surface area contributed by atoms with Crippen LogP contribution in [0.3, 0.4) is 0 Å². The minimum absolute atomic E-state index is 0.0193. The van der Waals surface area contributed by atoms with Gasteiger partial charge in [0.15, 0.2) is 5.60 Å². The smallest absolute Gasteiger partial charge is 0.336 e. The van der Waals surface area contributed by atoms with E-state index < -0.39 is 11.6 Å². The Bertz CT molecular complexity index is 231. The predicted octanol–water partition coefficient (Wildman–Crippen LogP) is 2.07. The Morgan fingerprint density at radius 3 is 2.38 bits per heavy atom. The van der Waals surface area contributed by atoms with Gasteiger partial charge in [0.1, 0.15) is 0 Å². The molecule has 1 unspecified atom stereocenters. The quantitative estimate of drug-likeness (QED) is 0.785. The molecule has 1 heterocycles. The fraction of sp³-hybridized carbons (Fsp3) is 0.917. The van der Waals surface area contributed by atoms with E-state index in [1.54, 1.807) is 0 Å². The van der Waals surface area contributed by atoms with Crippen molar-refractivity contribution in [2.75, 3.05) is 13.2 Å².